The van der Waals surface area contributed by atoms with E-state index < -0.39 is 0 Å². The molecule has 0 atom stereocenters. The summed E-state index contributed by atoms with van der Waals surface area (Å²) < 4.78 is 2.22. The van der Waals surface area contributed by atoms with Gasteiger partial charge >= 0.3 is 0 Å². The van der Waals surface area contributed by atoms with Crippen LogP contribution in [0.15, 0.2) is 249 Å². The molecule has 0 aliphatic rings. The van der Waals surface area contributed by atoms with E-state index in [-0.39, 0.29) is 0 Å². The normalized spacial score (nSPS) is 11.2. The molecule has 0 spiro atoms. The molecular weight excluding hydrogens is 751 g/mol. The zero-order chi connectivity index (χ0) is 41.2. The van der Waals surface area contributed by atoms with Crippen molar-refractivity contribution in [3.8, 4) is 67.0 Å². The second-order valence-corrected chi connectivity index (χ2v) is 15.6. The molecule has 0 radical (unpaired) electrons. The highest BCUT2D eigenvalue weighted by atomic mass is 15.3. The van der Waals surface area contributed by atoms with Gasteiger partial charge in [0.15, 0.2) is 0 Å². The number of nitrogens with zero attached hydrogens (tertiary/aromatic N) is 3. The van der Waals surface area contributed by atoms with Crippen LogP contribution in [-0.4, -0.2) is 9.61 Å². The average molecular weight is 792 g/mol. The third-order valence-electron chi connectivity index (χ3n) is 11.8. The van der Waals surface area contributed by atoms with E-state index in [1.807, 2.05) is 0 Å². The molecule has 0 fully saturated rings. The van der Waals surface area contributed by atoms with Gasteiger partial charge in [-0.1, -0.05) is 218 Å². The summed E-state index contributed by atoms with van der Waals surface area (Å²) in [7, 11) is 0. The van der Waals surface area contributed by atoms with E-state index in [9.17, 15) is 0 Å². The Morgan fingerprint density at radius 1 is 0.306 bits per heavy atom. The Labute approximate surface area is 362 Å². The summed E-state index contributed by atoms with van der Waals surface area (Å²) in [6.07, 6.45) is 0. The summed E-state index contributed by atoms with van der Waals surface area (Å²) in [6.45, 7) is 0. The second kappa shape index (κ2) is 16.1. The minimum Gasteiger partial charge on any atom is -0.308 e. The first-order chi connectivity index (χ1) is 30.8. The molecule has 0 unspecified atom stereocenters. The summed E-state index contributed by atoms with van der Waals surface area (Å²) >= 11 is 0. The molecule has 2 heterocycles. The number of benzene rings is 9. The Morgan fingerprint density at radius 3 is 1.23 bits per heavy atom. The molecule has 3 nitrogen and oxygen atoms in total. The van der Waals surface area contributed by atoms with E-state index in [1.165, 1.54) is 5.56 Å². The maximum absolute atomic E-state index is 5.69. The molecule has 2 aromatic heterocycles. The molecule has 0 saturated carbocycles. The zero-order valence-corrected chi connectivity index (χ0v) is 34.0. The van der Waals surface area contributed by atoms with Gasteiger partial charge in [0.1, 0.15) is 5.69 Å². The topological polar surface area (TPSA) is 20.5 Å². The van der Waals surface area contributed by atoms with E-state index in [0.717, 1.165) is 94.8 Å². The van der Waals surface area contributed by atoms with Gasteiger partial charge < -0.3 is 4.90 Å². The molecule has 3 heteroatoms. The first-order valence-electron chi connectivity index (χ1n) is 21.1. The number of hydrogen-bond acceptors (Lipinski definition) is 2. The fourth-order valence-corrected chi connectivity index (χ4v) is 8.89. The molecule has 0 saturated heterocycles. The van der Waals surface area contributed by atoms with Gasteiger partial charge in [0, 0.05) is 38.8 Å². The molecule has 11 rings (SSSR count). The van der Waals surface area contributed by atoms with Crippen LogP contribution >= 0.6 is 0 Å². The standard InChI is InChI=1S/C59H41N3/c1-7-21-42(22-8-1)45-35-37-51(38-36-45)61(52-40-49(43-23-9-2-10-24-43)39-50(41-52)44-25-11-3-12-26-44)59-54-34-20-19-33-53(54)58-55(46-27-13-4-14-28-46)56(47-29-15-5-16-30-47)60-62(58)57(59)48-31-17-6-18-32-48/h1-41H. The molecule has 292 valence electrons. The van der Waals surface area contributed by atoms with Crippen LogP contribution in [0.4, 0.5) is 17.1 Å². The lowest BCUT2D eigenvalue weighted by Gasteiger charge is -2.31. The van der Waals surface area contributed by atoms with Crippen molar-refractivity contribution in [2.75, 3.05) is 4.90 Å². The van der Waals surface area contributed by atoms with Gasteiger partial charge in [-0.3, -0.25) is 0 Å². The summed E-state index contributed by atoms with van der Waals surface area (Å²) in [6, 6.07) is 89.0. The number of anilines is 3. The smallest absolute Gasteiger partial charge is 0.101 e. The second-order valence-electron chi connectivity index (χ2n) is 15.6. The highest BCUT2D eigenvalue weighted by Crippen LogP contribution is 2.50. The Balaban J connectivity index is 1.29. The lowest BCUT2D eigenvalue weighted by Crippen LogP contribution is -2.14. The minimum atomic E-state index is 0.937. The van der Waals surface area contributed by atoms with Crippen LogP contribution in [0, 0.1) is 0 Å². The van der Waals surface area contributed by atoms with Gasteiger partial charge in [-0.05, 0) is 69.3 Å². The first kappa shape index (κ1) is 36.8. The number of pyridine rings is 1. The van der Waals surface area contributed by atoms with Crippen LogP contribution in [0.1, 0.15) is 0 Å². The lowest BCUT2D eigenvalue weighted by atomic mass is 9.94. The van der Waals surface area contributed by atoms with Crippen molar-refractivity contribution in [3.05, 3.63) is 249 Å². The molecule has 0 N–H and O–H groups in total. The zero-order valence-electron chi connectivity index (χ0n) is 34.0. The van der Waals surface area contributed by atoms with Crippen LogP contribution in [0.2, 0.25) is 0 Å². The molecule has 0 amide bonds. The van der Waals surface area contributed by atoms with Gasteiger partial charge in [-0.15, -0.1) is 0 Å². The fraction of sp³-hybridized carbons (Fsp3) is 0. The molecule has 0 aliphatic heterocycles. The summed E-state index contributed by atoms with van der Waals surface area (Å²) in [5, 5.41) is 7.92. The molecule has 0 bridgehead atoms. The lowest BCUT2D eigenvalue weighted by molar-refractivity contribution is 0.976. The highest BCUT2D eigenvalue weighted by molar-refractivity contribution is 6.16. The van der Waals surface area contributed by atoms with Gasteiger partial charge in [-0.25, -0.2) is 4.52 Å². The van der Waals surface area contributed by atoms with Crippen molar-refractivity contribution in [2.45, 2.75) is 0 Å². The predicted molar refractivity (Wildman–Crippen MR) is 260 cm³/mol. The monoisotopic (exact) mass is 791 g/mol. The van der Waals surface area contributed by atoms with Crippen molar-refractivity contribution in [1.29, 1.82) is 0 Å². The molecule has 11 aromatic rings. The van der Waals surface area contributed by atoms with E-state index in [1.54, 1.807) is 0 Å². The van der Waals surface area contributed by atoms with E-state index in [4.69, 9.17) is 5.10 Å². The Kier molecular flexibility index (Phi) is 9.53. The van der Waals surface area contributed by atoms with E-state index in [0.29, 0.717) is 0 Å². The van der Waals surface area contributed by atoms with Crippen molar-refractivity contribution in [3.63, 3.8) is 0 Å². The van der Waals surface area contributed by atoms with Gasteiger partial charge in [0.2, 0.25) is 0 Å². The van der Waals surface area contributed by atoms with Gasteiger partial charge in [-0.2, -0.15) is 5.10 Å². The maximum atomic E-state index is 5.69. The third kappa shape index (κ3) is 6.72. The Bertz CT molecular complexity index is 3230. The molecule has 62 heavy (non-hydrogen) atoms. The average Bonchev–Trinajstić information content (AvgIpc) is 3.77. The summed E-state index contributed by atoms with van der Waals surface area (Å²) in [5.74, 6) is 0. The first-order valence-corrected chi connectivity index (χ1v) is 21.1. The third-order valence-corrected chi connectivity index (χ3v) is 11.8. The van der Waals surface area contributed by atoms with Crippen molar-refractivity contribution in [1.82, 2.24) is 9.61 Å². The van der Waals surface area contributed by atoms with Crippen LogP contribution in [-0.2, 0) is 0 Å². The minimum absolute atomic E-state index is 0.937. The van der Waals surface area contributed by atoms with Crippen molar-refractivity contribution in [2.24, 2.45) is 0 Å². The highest BCUT2D eigenvalue weighted by Gasteiger charge is 2.29. The van der Waals surface area contributed by atoms with Crippen LogP contribution in [0.3, 0.4) is 0 Å². The predicted octanol–water partition coefficient (Wildman–Crippen LogP) is 16.0. The summed E-state index contributed by atoms with van der Waals surface area (Å²) in [4.78, 5) is 2.46. The number of hydrogen-bond donors (Lipinski definition) is 0. The Morgan fingerprint density at radius 2 is 0.710 bits per heavy atom. The molecular formula is C59H41N3. The van der Waals surface area contributed by atoms with Crippen LogP contribution in [0.25, 0.3) is 83.3 Å². The fourth-order valence-electron chi connectivity index (χ4n) is 8.89. The van der Waals surface area contributed by atoms with Crippen LogP contribution in [0.5, 0.6) is 0 Å². The largest absolute Gasteiger partial charge is 0.308 e. The number of aromatic nitrogens is 2. The molecule has 0 aliphatic carbocycles. The maximum Gasteiger partial charge on any atom is 0.101 e. The number of fused-ring (bicyclic) bond motifs is 3. The van der Waals surface area contributed by atoms with E-state index >= 15 is 0 Å². The SMILES string of the molecule is c1ccc(-c2ccc(N(c3cc(-c4ccccc4)cc(-c4ccccc4)c3)c3c(-c4ccccc4)n4nc(-c5ccccc5)c(-c5ccccc5)c4c4ccccc34)cc2)cc1. The summed E-state index contributed by atoms with van der Waals surface area (Å²) in [5.41, 5.74) is 17.4. The van der Waals surface area contributed by atoms with E-state index in [2.05, 4.69) is 258 Å². The van der Waals surface area contributed by atoms with Gasteiger partial charge in [0.25, 0.3) is 0 Å². The van der Waals surface area contributed by atoms with Crippen molar-refractivity contribution < 1.29 is 0 Å². The molecule has 9 aromatic carbocycles. The number of rotatable bonds is 9. The quantitative estimate of drug-likeness (QED) is 0.145. The van der Waals surface area contributed by atoms with Gasteiger partial charge in [0.05, 0.1) is 16.9 Å². The Hall–Kier alpha value is -8.27. The van der Waals surface area contributed by atoms with Crippen molar-refractivity contribution >= 4 is 33.4 Å². The van der Waals surface area contributed by atoms with Crippen LogP contribution < -0.4 is 4.90 Å².